The van der Waals surface area contributed by atoms with Crippen LogP contribution >= 0.6 is 15.9 Å². The summed E-state index contributed by atoms with van der Waals surface area (Å²) in [5, 5.41) is 0. The molecule has 0 aliphatic carbocycles. The maximum absolute atomic E-state index is 12.1. The third-order valence-electron chi connectivity index (χ3n) is 3.28. The number of halogens is 1. The molecular formula is C17H21BrN2O. The van der Waals surface area contributed by atoms with Crippen LogP contribution in [-0.2, 0) is 11.8 Å². The third kappa shape index (κ3) is 3.82. The van der Waals surface area contributed by atoms with Crippen LogP contribution in [0.1, 0.15) is 49.0 Å². The topological polar surface area (TPSA) is 45.8 Å². The van der Waals surface area contributed by atoms with Gasteiger partial charge in [-0.05, 0) is 35.3 Å². The highest BCUT2D eigenvalue weighted by atomic mass is 79.9. The zero-order valence-corrected chi connectivity index (χ0v) is 14.8. The summed E-state index contributed by atoms with van der Waals surface area (Å²) in [6, 6.07) is 6.40. The summed E-state index contributed by atoms with van der Waals surface area (Å²) < 4.78 is 0.527. The Hall–Kier alpha value is -1.42. The molecule has 1 aromatic carbocycles. The first-order valence-corrected chi connectivity index (χ1v) is 7.82. The molecule has 0 amide bonds. The molecular weight excluding hydrogens is 328 g/mol. The fourth-order valence-electron chi connectivity index (χ4n) is 2.45. The van der Waals surface area contributed by atoms with Crippen molar-refractivity contribution in [2.24, 2.45) is 0 Å². The van der Waals surface area contributed by atoms with Gasteiger partial charge in [0.05, 0.1) is 5.69 Å². The molecule has 0 aliphatic rings. The van der Waals surface area contributed by atoms with Gasteiger partial charge in [-0.1, -0.05) is 50.1 Å². The minimum absolute atomic E-state index is 0.116. The highest BCUT2D eigenvalue weighted by molar-refractivity contribution is 9.10. The smallest absolute Gasteiger partial charge is 0.265 e. The number of nitrogens with one attached hydrogen (secondary N) is 1. The molecule has 2 rings (SSSR count). The highest BCUT2D eigenvalue weighted by Gasteiger charge is 2.22. The Kier molecular flexibility index (Phi) is 4.38. The third-order valence-corrected chi connectivity index (χ3v) is 4.01. The summed E-state index contributed by atoms with van der Waals surface area (Å²) in [5.74, 6) is 0.707. The number of aromatic amines is 1. The average Bonchev–Trinajstić information content (AvgIpc) is 2.30. The zero-order chi connectivity index (χ0) is 15.8. The van der Waals surface area contributed by atoms with Gasteiger partial charge in [0.1, 0.15) is 10.3 Å². The number of benzene rings is 1. The first-order valence-electron chi connectivity index (χ1n) is 7.03. The summed E-state index contributed by atoms with van der Waals surface area (Å²) in [7, 11) is 0. The Balaban J connectivity index is 2.46. The maximum atomic E-state index is 12.1. The van der Waals surface area contributed by atoms with Crippen LogP contribution in [0.15, 0.2) is 27.5 Å². The monoisotopic (exact) mass is 348 g/mol. The molecule has 2 aromatic rings. The standard InChI is InChI=1S/C17H21BrN2O/c1-10-6-11(2)8-12(7-10)9-13-19-15(17(3,4)5)14(18)16(21)20-13/h6-8H,9H2,1-5H3,(H,19,20,21). The number of hydrogen-bond acceptors (Lipinski definition) is 2. The van der Waals surface area contributed by atoms with E-state index >= 15 is 0 Å². The molecule has 0 bridgehead atoms. The van der Waals surface area contributed by atoms with Gasteiger partial charge in [-0.2, -0.15) is 0 Å². The summed E-state index contributed by atoms with van der Waals surface area (Å²) in [6.45, 7) is 10.3. The molecule has 0 atom stereocenters. The van der Waals surface area contributed by atoms with Crippen LogP contribution in [0.4, 0.5) is 0 Å². The van der Waals surface area contributed by atoms with E-state index in [2.05, 4.69) is 78.7 Å². The van der Waals surface area contributed by atoms with Crippen molar-refractivity contribution in [1.29, 1.82) is 0 Å². The summed E-state index contributed by atoms with van der Waals surface area (Å²) >= 11 is 3.35. The molecule has 1 N–H and O–H groups in total. The average molecular weight is 349 g/mol. The first-order chi connectivity index (χ1) is 9.66. The Morgan fingerprint density at radius 3 is 2.24 bits per heavy atom. The lowest BCUT2D eigenvalue weighted by molar-refractivity contribution is 0.557. The van der Waals surface area contributed by atoms with Gasteiger partial charge in [0.25, 0.3) is 5.56 Å². The van der Waals surface area contributed by atoms with E-state index in [4.69, 9.17) is 0 Å². The second-order valence-electron chi connectivity index (χ2n) is 6.60. The van der Waals surface area contributed by atoms with Crippen LogP contribution in [0, 0.1) is 13.8 Å². The van der Waals surface area contributed by atoms with Crippen molar-refractivity contribution in [3.63, 3.8) is 0 Å². The molecule has 0 saturated carbocycles. The van der Waals surface area contributed by atoms with Crippen LogP contribution in [0.25, 0.3) is 0 Å². The minimum atomic E-state index is -0.176. The Bertz CT molecular complexity index is 706. The van der Waals surface area contributed by atoms with E-state index in [9.17, 15) is 4.79 Å². The van der Waals surface area contributed by atoms with Crippen LogP contribution in [0.3, 0.4) is 0 Å². The molecule has 112 valence electrons. The van der Waals surface area contributed by atoms with Gasteiger partial charge in [-0.25, -0.2) is 4.98 Å². The van der Waals surface area contributed by atoms with Crippen molar-refractivity contribution in [3.8, 4) is 0 Å². The fraction of sp³-hybridized carbons (Fsp3) is 0.412. The normalized spacial score (nSPS) is 11.7. The molecule has 0 unspecified atom stereocenters. The number of H-pyrrole nitrogens is 1. The van der Waals surface area contributed by atoms with Crippen LogP contribution in [0.2, 0.25) is 0 Å². The lowest BCUT2D eigenvalue weighted by Gasteiger charge is -2.19. The van der Waals surface area contributed by atoms with E-state index < -0.39 is 0 Å². The van der Waals surface area contributed by atoms with E-state index in [0.29, 0.717) is 16.7 Å². The molecule has 0 radical (unpaired) electrons. The van der Waals surface area contributed by atoms with E-state index in [1.54, 1.807) is 0 Å². The number of aromatic nitrogens is 2. The summed E-state index contributed by atoms with van der Waals surface area (Å²) in [5.41, 5.74) is 4.11. The number of nitrogens with zero attached hydrogens (tertiary/aromatic N) is 1. The van der Waals surface area contributed by atoms with Crippen LogP contribution in [0.5, 0.6) is 0 Å². The molecule has 0 saturated heterocycles. The fourth-order valence-corrected chi connectivity index (χ4v) is 3.23. The lowest BCUT2D eigenvalue weighted by atomic mass is 9.92. The highest BCUT2D eigenvalue weighted by Crippen LogP contribution is 2.25. The molecule has 0 aliphatic heterocycles. The predicted molar refractivity (Wildman–Crippen MR) is 90.0 cm³/mol. The van der Waals surface area contributed by atoms with Gasteiger partial charge in [-0.3, -0.25) is 4.79 Å². The van der Waals surface area contributed by atoms with Crippen molar-refractivity contribution in [1.82, 2.24) is 9.97 Å². The molecule has 0 spiro atoms. The zero-order valence-electron chi connectivity index (χ0n) is 13.2. The second-order valence-corrected chi connectivity index (χ2v) is 7.39. The van der Waals surface area contributed by atoms with Crippen LogP contribution < -0.4 is 5.56 Å². The van der Waals surface area contributed by atoms with Gasteiger partial charge >= 0.3 is 0 Å². The van der Waals surface area contributed by atoms with Gasteiger partial charge in [-0.15, -0.1) is 0 Å². The van der Waals surface area contributed by atoms with Crippen molar-refractivity contribution in [3.05, 3.63) is 61.2 Å². The maximum Gasteiger partial charge on any atom is 0.265 e. The molecule has 4 heteroatoms. The van der Waals surface area contributed by atoms with Gasteiger partial charge < -0.3 is 4.98 Å². The molecule has 1 heterocycles. The summed E-state index contributed by atoms with van der Waals surface area (Å²) in [4.78, 5) is 19.6. The van der Waals surface area contributed by atoms with E-state index in [1.165, 1.54) is 11.1 Å². The van der Waals surface area contributed by atoms with Crippen molar-refractivity contribution in [2.75, 3.05) is 0 Å². The molecule has 0 fully saturated rings. The number of hydrogen-bond donors (Lipinski definition) is 1. The van der Waals surface area contributed by atoms with Crippen molar-refractivity contribution < 1.29 is 0 Å². The Morgan fingerprint density at radius 2 is 1.71 bits per heavy atom. The number of aryl methyl sites for hydroxylation is 2. The van der Waals surface area contributed by atoms with Gasteiger partial charge in [0.15, 0.2) is 0 Å². The van der Waals surface area contributed by atoms with Crippen molar-refractivity contribution in [2.45, 2.75) is 46.5 Å². The Labute approximate surface area is 134 Å². The molecule has 3 nitrogen and oxygen atoms in total. The van der Waals surface area contributed by atoms with E-state index in [0.717, 1.165) is 11.3 Å². The molecule has 1 aromatic heterocycles. The minimum Gasteiger partial charge on any atom is -0.309 e. The summed E-state index contributed by atoms with van der Waals surface area (Å²) in [6.07, 6.45) is 0.633. The SMILES string of the molecule is Cc1cc(C)cc(Cc2nc(C(C)(C)C)c(Br)c(=O)[nH]2)c1. The quantitative estimate of drug-likeness (QED) is 0.890. The van der Waals surface area contributed by atoms with E-state index in [1.807, 2.05) is 0 Å². The van der Waals surface area contributed by atoms with E-state index in [-0.39, 0.29) is 11.0 Å². The molecule has 21 heavy (non-hydrogen) atoms. The lowest BCUT2D eigenvalue weighted by Crippen LogP contribution is -2.23. The van der Waals surface area contributed by atoms with Crippen LogP contribution in [-0.4, -0.2) is 9.97 Å². The second kappa shape index (κ2) is 5.76. The largest absolute Gasteiger partial charge is 0.309 e. The van der Waals surface area contributed by atoms with Crippen molar-refractivity contribution >= 4 is 15.9 Å². The predicted octanol–water partition coefficient (Wildman–Crippen LogP) is 4.04. The first kappa shape index (κ1) is 16.0. The number of rotatable bonds is 2. The Morgan fingerprint density at radius 1 is 1.14 bits per heavy atom. The van der Waals surface area contributed by atoms with Gasteiger partial charge in [0.2, 0.25) is 0 Å². The van der Waals surface area contributed by atoms with Gasteiger partial charge in [0, 0.05) is 11.8 Å².